The fraction of sp³-hybridized carbons (Fsp3) is 0.368. The van der Waals surface area contributed by atoms with Gasteiger partial charge in [0, 0.05) is 74.7 Å². The van der Waals surface area contributed by atoms with Crippen LogP contribution >= 0.6 is 0 Å². The van der Waals surface area contributed by atoms with Crippen LogP contribution in [0.2, 0.25) is 0 Å². The van der Waals surface area contributed by atoms with Crippen molar-refractivity contribution in [1.29, 1.82) is 0 Å². The Balaban J connectivity index is 1.15. The Morgan fingerprint density at radius 3 is 2.52 bits per heavy atom. The van der Waals surface area contributed by atoms with Gasteiger partial charge in [0.15, 0.2) is 0 Å². The minimum atomic E-state index is -0.0649. The Hall–Kier alpha value is -4.08. The molecule has 46 heavy (non-hydrogen) atoms. The Kier molecular flexibility index (Phi) is 9.12. The van der Waals surface area contributed by atoms with E-state index in [4.69, 9.17) is 15.5 Å². The number of nitrogens with zero attached hydrogens (tertiary/aromatic N) is 4. The summed E-state index contributed by atoms with van der Waals surface area (Å²) >= 11 is 0. The molecule has 4 N–H and O–H groups in total. The van der Waals surface area contributed by atoms with E-state index in [1.807, 2.05) is 18.5 Å². The highest BCUT2D eigenvalue weighted by Crippen LogP contribution is 2.42. The van der Waals surface area contributed by atoms with Gasteiger partial charge in [-0.1, -0.05) is 37.3 Å². The second kappa shape index (κ2) is 13.7. The Morgan fingerprint density at radius 1 is 0.935 bits per heavy atom. The van der Waals surface area contributed by atoms with Gasteiger partial charge in [-0.15, -0.1) is 0 Å². The maximum absolute atomic E-state index is 10.7. The SMILES string of the molecule is CCN1CCN(Cc2ccc(-c3cc4c(-c5cccc(Cc6ccc(C7CC7)cc6OCCN)c5CO)ccnc4[nH]3)cn2)CC1. The number of H-pyrrole nitrogens is 1. The van der Waals surface area contributed by atoms with Crippen molar-refractivity contribution >= 4 is 11.0 Å². The summed E-state index contributed by atoms with van der Waals surface area (Å²) in [5.41, 5.74) is 16.2. The molecule has 2 fully saturated rings. The molecular formula is C38H44N6O2. The third-order valence-corrected chi connectivity index (χ3v) is 9.58. The fourth-order valence-corrected chi connectivity index (χ4v) is 6.72. The molecule has 1 aliphatic heterocycles. The highest BCUT2D eigenvalue weighted by atomic mass is 16.5. The maximum Gasteiger partial charge on any atom is 0.138 e. The first-order valence-electron chi connectivity index (χ1n) is 16.7. The van der Waals surface area contributed by atoms with Crippen molar-refractivity contribution in [2.24, 2.45) is 5.73 Å². The summed E-state index contributed by atoms with van der Waals surface area (Å²) in [7, 11) is 0. The third kappa shape index (κ3) is 6.57. The lowest BCUT2D eigenvalue weighted by molar-refractivity contribution is 0.131. The van der Waals surface area contributed by atoms with Gasteiger partial charge in [0.05, 0.1) is 12.3 Å². The number of piperazine rings is 1. The molecule has 1 saturated heterocycles. The van der Waals surface area contributed by atoms with Gasteiger partial charge in [-0.3, -0.25) is 9.88 Å². The first kappa shape index (κ1) is 30.6. The van der Waals surface area contributed by atoms with Crippen molar-refractivity contribution in [3.8, 4) is 28.1 Å². The van der Waals surface area contributed by atoms with Gasteiger partial charge < -0.3 is 25.5 Å². The van der Waals surface area contributed by atoms with Crippen LogP contribution in [0, 0.1) is 0 Å². The van der Waals surface area contributed by atoms with E-state index < -0.39 is 0 Å². The van der Waals surface area contributed by atoms with Crippen LogP contribution in [0.15, 0.2) is 73.1 Å². The van der Waals surface area contributed by atoms with Crippen LogP contribution in [-0.4, -0.2) is 75.7 Å². The second-order valence-electron chi connectivity index (χ2n) is 12.6. The lowest BCUT2D eigenvalue weighted by atomic mass is 9.91. The third-order valence-electron chi connectivity index (χ3n) is 9.58. The second-order valence-corrected chi connectivity index (χ2v) is 12.6. The molecule has 5 aromatic rings. The van der Waals surface area contributed by atoms with E-state index in [0.29, 0.717) is 25.5 Å². The zero-order chi connectivity index (χ0) is 31.5. The number of aliphatic hydroxyl groups is 1. The number of aromatic nitrogens is 3. The van der Waals surface area contributed by atoms with Crippen molar-refractivity contribution in [2.45, 2.75) is 45.3 Å². The van der Waals surface area contributed by atoms with Gasteiger partial charge in [0.1, 0.15) is 18.0 Å². The van der Waals surface area contributed by atoms with E-state index in [-0.39, 0.29) is 6.61 Å². The molecule has 0 radical (unpaired) electrons. The maximum atomic E-state index is 10.7. The zero-order valence-corrected chi connectivity index (χ0v) is 26.7. The summed E-state index contributed by atoms with van der Waals surface area (Å²) in [5, 5.41) is 11.7. The summed E-state index contributed by atoms with van der Waals surface area (Å²) in [6.07, 6.45) is 6.94. The molecular weight excluding hydrogens is 572 g/mol. The predicted molar refractivity (Wildman–Crippen MR) is 184 cm³/mol. The summed E-state index contributed by atoms with van der Waals surface area (Å²) < 4.78 is 6.11. The topological polar surface area (TPSA) is 104 Å². The Morgan fingerprint density at radius 2 is 1.78 bits per heavy atom. The van der Waals surface area contributed by atoms with Crippen LogP contribution in [0.5, 0.6) is 5.75 Å². The molecule has 8 nitrogen and oxygen atoms in total. The van der Waals surface area contributed by atoms with E-state index in [1.54, 1.807) is 0 Å². The number of nitrogens with one attached hydrogen (secondary N) is 1. The average Bonchev–Trinajstić information content (AvgIpc) is 3.86. The number of aliphatic hydroxyl groups excluding tert-OH is 1. The summed E-state index contributed by atoms with van der Waals surface area (Å²) in [5.74, 6) is 1.54. The van der Waals surface area contributed by atoms with Gasteiger partial charge in [-0.25, -0.2) is 4.98 Å². The zero-order valence-electron chi connectivity index (χ0n) is 26.7. The monoisotopic (exact) mass is 616 g/mol. The summed E-state index contributed by atoms with van der Waals surface area (Å²) in [6.45, 7) is 9.52. The number of nitrogens with two attached hydrogens (primary N) is 1. The normalized spacial score (nSPS) is 15.9. The van der Waals surface area contributed by atoms with Crippen molar-refractivity contribution < 1.29 is 9.84 Å². The Labute approximate surface area is 271 Å². The van der Waals surface area contributed by atoms with Crippen LogP contribution in [0.1, 0.15) is 53.6 Å². The molecule has 3 aromatic heterocycles. The molecule has 2 aromatic carbocycles. The minimum Gasteiger partial charge on any atom is -0.492 e. The number of rotatable bonds is 12. The highest BCUT2D eigenvalue weighted by molar-refractivity contribution is 5.97. The van der Waals surface area contributed by atoms with Crippen molar-refractivity contribution in [3.05, 3.63) is 101 Å². The summed E-state index contributed by atoms with van der Waals surface area (Å²) in [4.78, 5) is 18.0. The number of fused-ring (bicyclic) bond motifs is 1. The number of benzene rings is 2. The van der Waals surface area contributed by atoms with Gasteiger partial charge in [0.25, 0.3) is 0 Å². The van der Waals surface area contributed by atoms with Crippen molar-refractivity contribution in [3.63, 3.8) is 0 Å². The molecule has 0 spiro atoms. The van der Waals surface area contributed by atoms with E-state index >= 15 is 0 Å². The van der Waals surface area contributed by atoms with Crippen LogP contribution in [0.3, 0.4) is 0 Å². The van der Waals surface area contributed by atoms with E-state index in [9.17, 15) is 5.11 Å². The van der Waals surface area contributed by atoms with Crippen molar-refractivity contribution in [1.82, 2.24) is 24.8 Å². The number of aromatic amines is 1. The number of hydrogen-bond donors (Lipinski definition) is 3. The molecule has 8 heteroatoms. The molecule has 2 aliphatic rings. The minimum absolute atomic E-state index is 0.0649. The first-order chi connectivity index (χ1) is 22.6. The Bertz CT molecular complexity index is 1790. The molecule has 0 unspecified atom stereocenters. The van der Waals surface area contributed by atoms with Gasteiger partial charge in [-0.2, -0.15) is 0 Å². The van der Waals surface area contributed by atoms with Crippen LogP contribution in [0.25, 0.3) is 33.4 Å². The number of likely N-dealkylation sites (N-methyl/N-ethyl adjacent to an activating group) is 1. The van der Waals surface area contributed by atoms with Crippen LogP contribution < -0.4 is 10.5 Å². The smallest absolute Gasteiger partial charge is 0.138 e. The lowest BCUT2D eigenvalue weighted by Gasteiger charge is -2.33. The molecule has 238 valence electrons. The molecule has 1 aliphatic carbocycles. The van der Waals surface area contributed by atoms with Crippen molar-refractivity contribution in [2.75, 3.05) is 45.9 Å². The molecule has 0 atom stereocenters. The molecule has 7 rings (SSSR count). The molecule has 1 saturated carbocycles. The summed E-state index contributed by atoms with van der Waals surface area (Å²) in [6, 6.07) is 21.4. The van der Waals surface area contributed by atoms with Gasteiger partial charge >= 0.3 is 0 Å². The largest absolute Gasteiger partial charge is 0.492 e. The average molecular weight is 617 g/mol. The predicted octanol–water partition coefficient (Wildman–Crippen LogP) is 5.73. The first-order valence-corrected chi connectivity index (χ1v) is 16.7. The molecule has 0 bridgehead atoms. The van der Waals surface area contributed by atoms with Gasteiger partial charge in [-0.05, 0) is 89.0 Å². The quantitative estimate of drug-likeness (QED) is 0.165. The van der Waals surface area contributed by atoms with Crippen LogP contribution in [0.4, 0.5) is 0 Å². The fourth-order valence-electron chi connectivity index (χ4n) is 6.72. The van der Waals surface area contributed by atoms with Crippen LogP contribution in [-0.2, 0) is 19.6 Å². The number of pyridine rings is 2. The number of ether oxygens (including phenoxy) is 1. The molecule has 4 heterocycles. The van der Waals surface area contributed by atoms with Gasteiger partial charge in [0.2, 0.25) is 0 Å². The highest BCUT2D eigenvalue weighted by Gasteiger charge is 2.25. The van der Waals surface area contributed by atoms with E-state index in [0.717, 1.165) is 101 Å². The lowest BCUT2D eigenvalue weighted by Crippen LogP contribution is -2.45. The van der Waals surface area contributed by atoms with E-state index in [2.05, 4.69) is 81.3 Å². The van der Waals surface area contributed by atoms with E-state index in [1.165, 1.54) is 18.4 Å². The standard InChI is InChI=1S/C38H44N6O2/c1-2-43-15-17-44(18-16-43)24-31-11-10-30(23-41-31)36-22-34-33(12-14-40-38(34)42-36)32-5-3-4-28(35(32)25-45)20-29-9-8-27(26-6-7-26)21-37(29)46-19-13-39/h3-5,8-12,14,21-23,26,45H,2,6-7,13,15-20,24-25,39H2,1H3,(H,40,42). The molecule has 0 amide bonds. The number of hydrogen-bond acceptors (Lipinski definition) is 7.